The Morgan fingerprint density at radius 1 is 1.07 bits per heavy atom. The van der Waals surface area contributed by atoms with Crippen LogP contribution in [0.3, 0.4) is 0 Å². The van der Waals surface area contributed by atoms with E-state index in [1.807, 2.05) is 7.05 Å². The Balaban J connectivity index is 0.00000261. The van der Waals surface area contributed by atoms with Crippen LogP contribution in [0.15, 0.2) is 4.99 Å². The Hall–Kier alpha value is -0.0800. The molecule has 0 aromatic rings. The largest absolute Gasteiger partial charge is 0.381 e. The predicted molar refractivity (Wildman–Crippen MR) is 124 cm³/mol. The first-order valence-corrected chi connectivity index (χ1v) is 10.9. The summed E-state index contributed by atoms with van der Waals surface area (Å²) < 4.78 is 5.69. The highest BCUT2D eigenvalue weighted by Crippen LogP contribution is 2.34. The molecule has 1 unspecified atom stereocenters. The Labute approximate surface area is 183 Å². The minimum atomic E-state index is 0. The lowest BCUT2D eigenvalue weighted by atomic mass is 9.78. The summed E-state index contributed by atoms with van der Waals surface area (Å²) >= 11 is 0. The van der Waals surface area contributed by atoms with Crippen LogP contribution in [0.5, 0.6) is 0 Å². The first-order chi connectivity index (χ1) is 12.6. The fourth-order valence-electron chi connectivity index (χ4n) is 5.43. The number of ether oxygens (including phenoxy) is 1. The van der Waals surface area contributed by atoms with Crippen LogP contribution in [-0.4, -0.2) is 74.3 Å². The average Bonchev–Trinajstić information content (AvgIpc) is 3.18. The van der Waals surface area contributed by atoms with Crippen molar-refractivity contribution in [2.24, 2.45) is 10.4 Å². The normalized spacial score (nSPS) is 29.4. The Bertz CT molecular complexity index is 471. The van der Waals surface area contributed by atoms with Gasteiger partial charge < -0.3 is 15.0 Å². The molecule has 3 saturated heterocycles. The lowest BCUT2D eigenvalue weighted by molar-refractivity contribution is -0.0168. The summed E-state index contributed by atoms with van der Waals surface area (Å²) in [6.45, 7) is 12.3. The third-order valence-corrected chi connectivity index (χ3v) is 6.92. The monoisotopic (exact) mass is 492 g/mol. The standard InChI is InChI=1S/C21H40N4O.HI/c1-4-8-20(2)9-7-12-24(18-20)19(22-3)23-17-21(10-15-26-16-11-21)25-13-5-6-14-25;/h4-18H2,1-3H3,(H,22,23);1H. The van der Waals surface area contributed by atoms with Gasteiger partial charge in [-0.15, -0.1) is 24.0 Å². The number of likely N-dealkylation sites (tertiary alicyclic amines) is 2. The Morgan fingerprint density at radius 2 is 1.78 bits per heavy atom. The van der Waals surface area contributed by atoms with Crippen LogP contribution in [0.4, 0.5) is 0 Å². The molecule has 3 aliphatic rings. The summed E-state index contributed by atoms with van der Waals surface area (Å²) in [5.41, 5.74) is 0.698. The summed E-state index contributed by atoms with van der Waals surface area (Å²) in [6.07, 6.45) is 10.2. The molecule has 1 N–H and O–H groups in total. The van der Waals surface area contributed by atoms with Crippen LogP contribution >= 0.6 is 24.0 Å². The maximum atomic E-state index is 5.69. The van der Waals surface area contributed by atoms with Gasteiger partial charge in [0, 0.05) is 45.4 Å². The number of guanidine groups is 1. The van der Waals surface area contributed by atoms with Crippen molar-refractivity contribution in [1.29, 1.82) is 0 Å². The number of nitrogens with one attached hydrogen (secondary N) is 1. The van der Waals surface area contributed by atoms with E-state index in [0.717, 1.165) is 51.6 Å². The van der Waals surface area contributed by atoms with Gasteiger partial charge in [-0.2, -0.15) is 0 Å². The first-order valence-electron chi connectivity index (χ1n) is 10.9. The highest BCUT2D eigenvalue weighted by molar-refractivity contribution is 14.0. The smallest absolute Gasteiger partial charge is 0.193 e. The molecule has 0 radical (unpaired) electrons. The zero-order valence-electron chi connectivity index (χ0n) is 17.8. The van der Waals surface area contributed by atoms with Gasteiger partial charge in [0.15, 0.2) is 5.96 Å². The fraction of sp³-hybridized carbons (Fsp3) is 0.952. The average molecular weight is 492 g/mol. The Morgan fingerprint density at radius 3 is 2.41 bits per heavy atom. The maximum Gasteiger partial charge on any atom is 0.193 e. The van der Waals surface area contributed by atoms with Gasteiger partial charge in [0.25, 0.3) is 0 Å². The van der Waals surface area contributed by atoms with E-state index >= 15 is 0 Å². The van der Waals surface area contributed by atoms with Crippen LogP contribution in [0.2, 0.25) is 0 Å². The SMILES string of the molecule is CCCC1(C)CCCN(C(=NC)NCC2(N3CCCC3)CCOCC2)C1.I. The van der Waals surface area contributed by atoms with Crippen LogP contribution in [0.1, 0.15) is 65.2 Å². The van der Waals surface area contributed by atoms with Crippen molar-refractivity contribution >= 4 is 29.9 Å². The zero-order chi connectivity index (χ0) is 18.5. The van der Waals surface area contributed by atoms with Crippen molar-refractivity contribution < 1.29 is 4.74 Å². The van der Waals surface area contributed by atoms with Gasteiger partial charge in [0.1, 0.15) is 0 Å². The van der Waals surface area contributed by atoms with Gasteiger partial charge in [-0.05, 0) is 63.5 Å². The second kappa shape index (κ2) is 10.6. The van der Waals surface area contributed by atoms with Crippen molar-refractivity contribution in [3.05, 3.63) is 0 Å². The number of hydrogen-bond acceptors (Lipinski definition) is 3. The van der Waals surface area contributed by atoms with Crippen LogP contribution in [0, 0.1) is 5.41 Å². The molecule has 0 amide bonds. The molecule has 0 saturated carbocycles. The topological polar surface area (TPSA) is 40.1 Å². The molecule has 5 nitrogen and oxygen atoms in total. The molecule has 6 heteroatoms. The third-order valence-electron chi connectivity index (χ3n) is 6.92. The lowest BCUT2D eigenvalue weighted by Crippen LogP contribution is -2.59. The van der Waals surface area contributed by atoms with Gasteiger partial charge in [-0.1, -0.05) is 20.3 Å². The van der Waals surface area contributed by atoms with Crippen molar-refractivity contribution in [3.8, 4) is 0 Å². The molecule has 158 valence electrons. The molecule has 3 rings (SSSR count). The molecule has 1 atom stereocenters. The van der Waals surface area contributed by atoms with E-state index in [2.05, 4.69) is 34.0 Å². The highest BCUT2D eigenvalue weighted by atomic mass is 127. The molecule has 3 heterocycles. The van der Waals surface area contributed by atoms with Crippen molar-refractivity contribution in [2.75, 3.05) is 53.0 Å². The zero-order valence-corrected chi connectivity index (χ0v) is 20.1. The summed E-state index contributed by atoms with van der Waals surface area (Å²) in [6, 6.07) is 0. The number of piperidine rings is 1. The van der Waals surface area contributed by atoms with Crippen LogP contribution in [-0.2, 0) is 4.74 Å². The van der Waals surface area contributed by atoms with E-state index in [-0.39, 0.29) is 29.5 Å². The molecule has 27 heavy (non-hydrogen) atoms. The van der Waals surface area contributed by atoms with E-state index in [0.29, 0.717) is 5.41 Å². The minimum Gasteiger partial charge on any atom is -0.381 e. The molecule has 0 spiro atoms. The minimum absolute atomic E-state index is 0. The third kappa shape index (κ3) is 5.72. The molecule has 0 aromatic carbocycles. The second-order valence-electron chi connectivity index (χ2n) is 9.02. The molecule has 0 bridgehead atoms. The van der Waals surface area contributed by atoms with Gasteiger partial charge in [-0.3, -0.25) is 9.89 Å². The van der Waals surface area contributed by atoms with Gasteiger partial charge in [-0.25, -0.2) is 0 Å². The quantitative estimate of drug-likeness (QED) is 0.361. The van der Waals surface area contributed by atoms with E-state index in [4.69, 9.17) is 4.74 Å². The fourth-order valence-corrected chi connectivity index (χ4v) is 5.43. The maximum absolute atomic E-state index is 5.69. The predicted octanol–water partition coefficient (Wildman–Crippen LogP) is 3.73. The molecular weight excluding hydrogens is 451 g/mol. The summed E-state index contributed by atoms with van der Waals surface area (Å²) in [5.74, 6) is 1.11. The molecule has 3 fully saturated rings. The summed E-state index contributed by atoms with van der Waals surface area (Å²) in [7, 11) is 1.95. The van der Waals surface area contributed by atoms with E-state index in [1.165, 1.54) is 51.6 Å². The van der Waals surface area contributed by atoms with Crippen molar-refractivity contribution in [1.82, 2.24) is 15.1 Å². The number of nitrogens with zero attached hydrogens (tertiary/aromatic N) is 3. The number of halogens is 1. The molecule has 3 aliphatic heterocycles. The molecule has 0 aromatic heterocycles. The highest BCUT2D eigenvalue weighted by Gasteiger charge is 2.40. The van der Waals surface area contributed by atoms with Crippen molar-refractivity contribution in [3.63, 3.8) is 0 Å². The number of hydrogen-bond donors (Lipinski definition) is 1. The molecular formula is C21H41IN4O. The summed E-state index contributed by atoms with van der Waals surface area (Å²) in [5, 5.41) is 3.79. The van der Waals surface area contributed by atoms with Crippen LogP contribution in [0.25, 0.3) is 0 Å². The van der Waals surface area contributed by atoms with E-state index in [1.54, 1.807) is 0 Å². The second-order valence-corrected chi connectivity index (χ2v) is 9.02. The van der Waals surface area contributed by atoms with Gasteiger partial charge in [0.2, 0.25) is 0 Å². The Kier molecular flexibility index (Phi) is 9.13. The molecule has 0 aliphatic carbocycles. The van der Waals surface area contributed by atoms with Gasteiger partial charge in [0.05, 0.1) is 0 Å². The van der Waals surface area contributed by atoms with Gasteiger partial charge >= 0.3 is 0 Å². The summed E-state index contributed by atoms with van der Waals surface area (Å²) in [4.78, 5) is 9.90. The lowest BCUT2D eigenvalue weighted by Gasteiger charge is -2.46. The van der Waals surface area contributed by atoms with Crippen LogP contribution < -0.4 is 5.32 Å². The first kappa shape index (κ1) is 23.2. The van der Waals surface area contributed by atoms with Crippen molar-refractivity contribution in [2.45, 2.75) is 70.8 Å². The van der Waals surface area contributed by atoms with E-state index < -0.39 is 0 Å². The number of rotatable bonds is 5. The number of aliphatic imine (C=N–C) groups is 1. The van der Waals surface area contributed by atoms with E-state index in [9.17, 15) is 0 Å².